The van der Waals surface area contributed by atoms with E-state index >= 15 is 0 Å². The van der Waals surface area contributed by atoms with Gasteiger partial charge in [-0.3, -0.25) is 10.1 Å². The summed E-state index contributed by atoms with van der Waals surface area (Å²) in [5, 5.41) is 17.6. The van der Waals surface area contributed by atoms with Crippen LogP contribution in [0.1, 0.15) is 52.7 Å². The molecule has 0 aliphatic carbocycles. The van der Waals surface area contributed by atoms with Gasteiger partial charge in [0, 0.05) is 12.1 Å². The van der Waals surface area contributed by atoms with Crippen molar-refractivity contribution in [3.63, 3.8) is 0 Å². The van der Waals surface area contributed by atoms with Crippen LogP contribution in [-0.4, -0.2) is 27.0 Å². The molecule has 7 heteroatoms. The van der Waals surface area contributed by atoms with Crippen molar-refractivity contribution in [2.45, 2.75) is 59.4 Å². The predicted octanol–water partition coefficient (Wildman–Crippen LogP) is 3.51. The Morgan fingerprint density at radius 2 is 1.71 bits per heavy atom. The third-order valence-corrected chi connectivity index (χ3v) is 3.99. The summed E-state index contributed by atoms with van der Waals surface area (Å²) in [7, 11) is 0. The Labute approximate surface area is 125 Å². The van der Waals surface area contributed by atoms with Gasteiger partial charge in [0.2, 0.25) is 11.8 Å². The van der Waals surface area contributed by atoms with Gasteiger partial charge in [0.25, 0.3) is 0 Å². The van der Waals surface area contributed by atoms with Gasteiger partial charge in [-0.2, -0.15) is 4.98 Å². The highest BCUT2D eigenvalue weighted by Gasteiger charge is 2.30. The Bertz CT molecular complexity index is 492. The Morgan fingerprint density at radius 1 is 1.14 bits per heavy atom. The van der Waals surface area contributed by atoms with Crippen LogP contribution in [-0.2, 0) is 0 Å². The fourth-order valence-electron chi connectivity index (χ4n) is 2.38. The van der Waals surface area contributed by atoms with Crippen LogP contribution >= 0.6 is 0 Å². The van der Waals surface area contributed by atoms with Crippen molar-refractivity contribution in [3.05, 3.63) is 15.8 Å². The average Bonchev–Trinajstić information content (AvgIpc) is 2.44. The van der Waals surface area contributed by atoms with E-state index in [-0.39, 0.29) is 11.2 Å². The molecule has 21 heavy (non-hydrogen) atoms. The minimum Gasteiger partial charge on any atom is -0.359 e. The van der Waals surface area contributed by atoms with Crippen LogP contribution in [0.5, 0.6) is 0 Å². The van der Waals surface area contributed by atoms with Crippen molar-refractivity contribution < 1.29 is 4.92 Å². The largest absolute Gasteiger partial charge is 0.359 e. The van der Waals surface area contributed by atoms with Crippen LogP contribution in [0.3, 0.4) is 0 Å². The Balaban J connectivity index is 3.33. The summed E-state index contributed by atoms with van der Waals surface area (Å²) < 4.78 is 0. The molecule has 0 bridgehead atoms. The van der Waals surface area contributed by atoms with Crippen LogP contribution < -0.4 is 10.6 Å². The number of nitrogens with one attached hydrogen (secondary N) is 2. The highest BCUT2D eigenvalue weighted by atomic mass is 16.6. The van der Waals surface area contributed by atoms with Gasteiger partial charge in [-0.1, -0.05) is 20.8 Å². The number of hydrogen-bond donors (Lipinski definition) is 2. The number of aromatic nitrogens is 2. The summed E-state index contributed by atoms with van der Waals surface area (Å²) in [5.41, 5.74) is 0.136. The lowest BCUT2D eigenvalue weighted by Gasteiger charge is -2.32. The minimum atomic E-state index is -0.418. The van der Waals surface area contributed by atoms with E-state index < -0.39 is 4.92 Å². The second-order valence-electron chi connectivity index (χ2n) is 5.08. The molecule has 0 spiro atoms. The van der Waals surface area contributed by atoms with Crippen molar-refractivity contribution in [3.8, 4) is 0 Å². The minimum absolute atomic E-state index is 0.0450. The van der Waals surface area contributed by atoms with E-state index in [1.54, 1.807) is 6.92 Å². The first-order chi connectivity index (χ1) is 9.92. The van der Waals surface area contributed by atoms with Crippen molar-refractivity contribution in [2.75, 3.05) is 17.2 Å². The van der Waals surface area contributed by atoms with Gasteiger partial charge < -0.3 is 10.6 Å². The van der Waals surface area contributed by atoms with Crippen LogP contribution in [0, 0.1) is 17.0 Å². The molecule has 118 valence electrons. The fourth-order valence-corrected chi connectivity index (χ4v) is 2.38. The highest BCUT2D eigenvalue weighted by Crippen LogP contribution is 2.32. The molecule has 1 aromatic rings. The van der Waals surface area contributed by atoms with Crippen molar-refractivity contribution >= 4 is 17.5 Å². The number of anilines is 2. The van der Waals surface area contributed by atoms with E-state index in [0.717, 1.165) is 19.3 Å². The van der Waals surface area contributed by atoms with Gasteiger partial charge in [-0.25, -0.2) is 4.98 Å². The molecule has 0 saturated heterocycles. The first-order valence-corrected chi connectivity index (χ1v) is 7.48. The number of aryl methyl sites for hydroxylation is 1. The maximum Gasteiger partial charge on any atom is 0.332 e. The molecule has 0 aliphatic rings. The molecule has 2 N–H and O–H groups in total. The van der Waals surface area contributed by atoms with Gasteiger partial charge in [0.15, 0.2) is 0 Å². The number of nitro groups is 1. The molecule has 0 aliphatic heterocycles. The smallest absolute Gasteiger partial charge is 0.332 e. The zero-order valence-electron chi connectivity index (χ0n) is 13.5. The predicted molar refractivity (Wildman–Crippen MR) is 84.8 cm³/mol. The monoisotopic (exact) mass is 295 g/mol. The summed E-state index contributed by atoms with van der Waals surface area (Å²) in [6.45, 7) is 10.5. The second kappa shape index (κ2) is 7.19. The van der Waals surface area contributed by atoms with Crippen LogP contribution in [0.25, 0.3) is 0 Å². The van der Waals surface area contributed by atoms with E-state index in [9.17, 15) is 10.1 Å². The lowest BCUT2D eigenvalue weighted by molar-refractivity contribution is -0.385. The van der Waals surface area contributed by atoms with Crippen LogP contribution in [0.2, 0.25) is 0 Å². The van der Waals surface area contributed by atoms with E-state index in [1.807, 2.05) is 6.92 Å². The van der Waals surface area contributed by atoms with Crippen molar-refractivity contribution in [2.24, 2.45) is 0 Å². The number of nitrogens with zero attached hydrogens (tertiary/aromatic N) is 3. The quantitative estimate of drug-likeness (QED) is 0.563. The number of hydrogen-bond acceptors (Lipinski definition) is 6. The topological polar surface area (TPSA) is 93.0 Å². The molecule has 1 rings (SSSR count). The molecule has 0 radical (unpaired) electrons. The molecule has 0 aromatic carbocycles. The van der Waals surface area contributed by atoms with E-state index in [2.05, 4.69) is 41.4 Å². The van der Waals surface area contributed by atoms with Crippen LogP contribution in [0.4, 0.5) is 17.5 Å². The Hall–Kier alpha value is -1.92. The van der Waals surface area contributed by atoms with E-state index in [4.69, 9.17) is 0 Å². The van der Waals surface area contributed by atoms with Gasteiger partial charge >= 0.3 is 5.69 Å². The average molecular weight is 295 g/mol. The molecular formula is C14H25N5O2. The summed E-state index contributed by atoms with van der Waals surface area (Å²) in [6, 6.07) is 0. The molecule has 0 amide bonds. The standard InChI is InChI=1S/C14H25N5O2/c1-6-14(7-2,8-3)18-12-11(19(20)21)10(5)16-13(17-12)15-9-4/h6-9H2,1-5H3,(H2,15,16,17,18). The summed E-state index contributed by atoms with van der Waals surface area (Å²) in [6.07, 6.45) is 2.62. The first-order valence-electron chi connectivity index (χ1n) is 7.48. The molecule has 0 unspecified atom stereocenters. The first kappa shape index (κ1) is 17.1. The zero-order chi connectivity index (χ0) is 16.0. The zero-order valence-corrected chi connectivity index (χ0v) is 13.5. The Kier molecular flexibility index (Phi) is 5.87. The molecule has 0 fully saturated rings. The highest BCUT2D eigenvalue weighted by molar-refractivity contribution is 5.62. The van der Waals surface area contributed by atoms with E-state index in [1.165, 1.54) is 0 Å². The molecule has 7 nitrogen and oxygen atoms in total. The molecule has 1 heterocycles. The summed E-state index contributed by atoms with van der Waals surface area (Å²) in [4.78, 5) is 19.4. The maximum absolute atomic E-state index is 11.3. The third-order valence-electron chi connectivity index (χ3n) is 3.99. The number of rotatable bonds is 8. The maximum atomic E-state index is 11.3. The normalized spacial score (nSPS) is 11.3. The Morgan fingerprint density at radius 3 is 2.14 bits per heavy atom. The fraction of sp³-hybridized carbons (Fsp3) is 0.714. The van der Waals surface area contributed by atoms with E-state index in [0.29, 0.717) is 24.0 Å². The lowest BCUT2D eigenvalue weighted by Crippen LogP contribution is -2.37. The third kappa shape index (κ3) is 3.80. The van der Waals surface area contributed by atoms with Gasteiger partial charge in [0.05, 0.1) is 4.92 Å². The molecule has 1 aromatic heterocycles. The van der Waals surface area contributed by atoms with Crippen molar-refractivity contribution in [1.29, 1.82) is 0 Å². The van der Waals surface area contributed by atoms with Crippen LogP contribution in [0.15, 0.2) is 0 Å². The van der Waals surface area contributed by atoms with Crippen molar-refractivity contribution in [1.82, 2.24) is 9.97 Å². The molecule has 0 saturated carbocycles. The van der Waals surface area contributed by atoms with Gasteiger partial charge in [0.1, 0.15) is 5.69 Å². The van der Waals surface area contributed by atoms with Gasteiger partial charge in [-0.15, -0.1) is 0 Å². The lowest BCUT2D eigenvalue weighted by atomic mass is 9.90. The summed E-state index contributed by atoms with van der Waals surface area (Å²) >= 11 is 0. The molecular weight excluding hydrogens is 270 g/mol. The summed E-state index contributed by atoms with van der Waals surface area (Å²) in [5.74, 6) is 0.717. The SMILES string of the molecule is CCNc1nc(C)c([N+](=O)[O-])c(NC(CC)(CC)CC)n1. The molecule has 0 atom stereocenters. The van der Waals surface area contributed by atoms with Gasteiger partial charge in [-0.05, 0) is 33.1 Å². The second-order valence-corrected chi connectivity index (χ2v) is 5.08.